The molecule has 2 saturated heterocycles. The molecule has 16 heteroatoms. The van der Waals surface area contributed by atoms with Crippen molar-refractivity contribution in [3.63, 3.8) is 0 Å². The van der Waals surface area contributed by atoms with Gasteiger partial charge in [0.1, 0.15) is 5.69 Å². The van der Waals surface area contributed by atoms with E-state index in [-0.39, 0.29) is 45.4 Å². The second-order valence-corrected chi connectivity index (χ2v) is 14.0. The van der Waals surface area contributed by atoms with Crippen LogP contribution >= 0.6 is 23.2 Å². The quantitative estimate of drug-likeness (QED) is 0.0640. The molecule has 51 heavy (non-hydrogen) atoms. The number of fused-ring (bicyclic) bond motifs is 4. The first-order valence-corrected chi connectivity index (χ1v) is 16.1. The molecule has 0 bridgehead atoms. The van der Waals surface area contributed by atoms with Crippen LogP contribution in [0.4, 0.5) is 33.3 Å². The Morgan fingerprint density at radius 3 is 2.04 bits per heavy atom. The number of alkyl halides is 2. The number of allylic oxidation sites excluding steroid dienone is 2. The molecule has 4 amide bonds. The van der Waals surface area contributed by atoms with E-state index < -0.39 is 98.2 Å². The number of carbonyl (C=O) groups is 5. The number of imide groups is 2. The second-order valence-electron chi connectivity index (χ2n) is 12.7. The smallest absolute Gasteiger partial charge is 0.258 e. The summed E-state index contributed by atoms with van der Waals surface area (Å²) in [6, 6.07) is 9.41. The maximum atomic E-state index is 15.2. The highest BCUT2D eigenvalue weighted by Gasteiger charge is 2.77. The van der Waals surface area contributed by atoms with Crippen molar-refractivity contribution in [1.29, 1.82) is 0 Å². The number of phenolic OH excluding ortho intramolecular Hbond substituents is 1. The Hall–Kier alpha value is -4.82. The van der Waals surface area contributed by atoms with Gasteiger partial charge < -0.3 is 9.84 Å². The van der Waals surface area contributed by atoms with Gasteiger partial charge in [0.2, 0.25) is 17.6 Å². The van der Waals surface area contributed by atoms with Crippen molar-refractivity contribution in [1.82, 2.24) is 0 Å². The molecule has 0 radical (unpaired) electrons. The number of benzene rings is 3. The van der Waals surface area contributed by atoms with Gasteiger partial charge in [0.15, 0.2) is 50.3 Å². The third-order valence-corrected chi connectivity index (χ3v) is 11.7. The number of amides is 4. The van der Waals surface area contributed by atoms with Crippen LogP contribution in [0, 0.1) is 46.8 Å². The predicted octanol–water partition coefficient (Wildman–Crippen LogP) is 6.07. The molecule has 3 aromatic carbocycles. The van der Waals surface area contributed by atoms with Crippen molar-refractivity contribution < 1.29 is 55.8 Å². The summed E-state index contributed by atoms with van der Waals surface area (Å²) in [5, 5.41) is 10.3. The van der Waals surface area contributed by atoms with E-state index in [4.69, 9.17) is 27.9 Å². The Balaban J connectivity index is 1.42. The zero-order valence-corrected chi connectivity index (χ0v) is 27.8. The van der Waals surface area contributed by atoms with E-state index in [9.17, 15) is 42.3 Å². The van der Waals surface area contributed by atoms with Gasteiger partial charge in [-0.15, -0.1) is 23.2 Å². The Bertz CT molecular complexity index is 2140. The van der Waals surface area contributed by atoms with Crippen LogP contribution in [0.15, 0.2) is 54.1 Å². The lowest BCUT2D eigenvalue weighted by molar-refractivity contribution is -0.125. The largest absolute Gasteiger partial charge is 0.504 e. The molecule has 2 aliphatic carbocycles. The minimum absolute atomic E-state index is 0.0629. The summed E-state index contributed by atoms with van der Waals surface area (Å²) in [4.78, 5) is 63.7. The second kappa shape index (κ2) is 11.6. The lowest BCUT2D eigenvalue weighted by Crippen LogP contribution is -2.60. The third-order valence-electron chi connectivity index (χ3n) is 10.3. The number of methoxy groups -OCH3 is 1. The molecule has 6 unspecified atom stereocenters. The minimum Gasteiger partial charge on any atom is -0.504 e. The molecule has 7 rings (SSSR count). The van der Waals surface area contributed by atoms with Crippen LogP contribution in [-0.4, -0.2) is 51.4 Å². The molecule has 0 spiro atoms. The summed E-state index contributed by atoms with van der Waals surface area (Å²) < 4.78 is 78.5. The van der Waals surface area contributed by atoms with Gasteiger partial charge in [-0.05, 0) is 67.6 Å². The van der Waals surface area contributed by atoms with Crippen molar-refractivity contribution in [2.24, 2.45) is 17.8 Å². The zero-order chi connectivity index (χ0) is 37.1. The van der Waals surface area contributed by atoms with Gasteiger partial charge in [0.25, 0.3) is 11.8 Å². The van der Waals surface area contributed by atoms with Gasteiger partial charge in [-0.1, -0.05) is 17.7 Å². The molecular weight excluding hydrogens is 726 g/mol. The van der Waals surface area contributed by atoms with Crippen molar-refractivity contribution in [3.8, 4) is 11.5 Å². The lowest BCUT2D eigenvalue weighted by Gasteiger charge is -2.50. The fourth-order valence-electron chi connectivity index (χ4n) is 7.91. The number of carbonyl (C=O) groups excluding carboxylic acids is 5. The average molecular weight is 749 g/mol. The molecular formula is C35H23Cl2F5N2O7. The van der Waals surface area contributed by atoms with Crippen LogP contribution in [0.25, 0.3) is 0 Å². The molecule has 264 valence electrons. The standard InChI is InChI=1S/C35H23Cl2F5N2O7/c1-13(45)14-3-6-16(7-4-14)43-30(47)18-9-8-17-19(22(18)31(43)48)12-34(36)32(49)44(29-27(41)25(39)24(38)26(40)28(29)42)33(50)35(34,37)23(17)15-5-10-20(46)21(11-15)51-2/h3-8,10-11,18-19,22-23,46H,9,12H2,1-2H3. The van der Waals surface area contributed by atoms with Crippen LogP contribution in [0.5, 0.6) is 11.5 Å². The molecule has 3 fully saturated rings. The van der Waals surface area contributed by atoms with Crippen LogP contribution in [0.2, 0.25) is 0 Å². The molecule has 1 N–H and O–H groups in total. The molecule has 9 nitrogen and oxygen atoms in total. The number of anilines is 2. The minimum atomic E-state index is -2.73. The van der Waals surface area contributed by atoms with E-state index in [1.807, 2.05) is 0 Å². The Kier molecular flexibility index (Phi) is 7.88. The summed E-state index contributed by atoms with van der Waals surface area (Å²) in [6.45, 7) is 1.34. The predicted molar refractivity (Wildman–Crippen MR) is 170 cm³/mol. The maximum absolute atomic E-state index is 15.2. The van der Waals surface area contributed by atoms with Gasteiger partial charge in [0.05, 0.1) is 24.6 Å². The van der Waals surface area contributed by atoms with Crippen LogP contribution in [0.3, 0.4) is 0 Å². The van der Waals surface area contributed by atoms with Crippen molar-refractivity contribution in [2.45, 2.75) is 35.4 Å². The monoisotopic (exact) mass is 748 g/mol. The molecule has 6 atom stereocenters. The highest BCUT2D eigenvalue weighted by Crippen LogP contribution is 2.66. The summed E-state index contributed by atoms with van der Waals surface area (Å²) in [5.41, 5.74) is -1.12. The Labute approximate surface area is 295 Å². The van der Waals surface area contributed by atoms with Crippen molar-refractivity contribution in [3.05, 3.63) is 94.3 Å². The summed E-state index contributed by atoms with van der Waals surface area (Å²) in [5.74, 6) is -22.6. The fraction of sp³-hybridized carbons (Fsp3) is 0.286. The number of hydrogen-bond donors (Lipinski definition) is 1. The van der Waals surface area contributed by atoms with Gasteiger partial charge in [-0.2, -0.15) is 0 Å². The molecule has 1 saturated carbocycles. The number of hydrogen-bond acceptors (Lipinski definition) is 7. The van der Waals surface area contributed by atoms with Gasteiger partial charge >= 0.3 is 0 Å². The van der Waals surface area contributed by atoms with E-state index in [2.05, 4.69) is 0 Å². The third kappa shape index (κ3) is 4.48. The molecule has 2 heterocycles. The summed E-state index contributed by atoms with van der Waals surface area (Å²) in [7, 11) is 1.21. The molecule has 4 aliphatic rings. The number of nitrogens with zero attached hydrogens (tertiary/aromatic N) is 2. The summed E-state index contributed by atoms with van der Waals surface area (Å²) >= 11 is 14.2. The van der Waals surface area contributed by atoms with E-state index >= 15 is 8.78 Å². The zero-order valence-electron chi connectivity index (χ0n) is 26.3. The number of rotatable bonds is 5. The summed E-state index contributed by atoms with van der Waals surface area (Å²) in [6.07, 6.45) is 0.798. The van der Waals surface area contributed by atoms with Crippen LogP contribution in [0.1, 0.15) is 41.6 Å². The van der Waals surface area contributed by atoms with E-state index in [1.165, 1.54) is 56.5 Å². The van der Waals surface area contributed by atoms with Crippen molar-refractivity contribution >= 4 is 64.0 Å². The fourth-order valence-corrected chi connectivity index (χ4v) is 8.85. The first-order chi connectivity index (χ1) is 24.0. The average Bonchev–Trinajstić information content (AvgIpc) is 3.45. The molecule has 3 aromatic rings. The molecule has 0 aromatic heterocycles. The van der Waals surface area contributed by atoms with Gasteiger partial charge in [0, 0.05) is 11.5 Å². The number of ether oxygens (including phenoxy) is 1. The first kappa shape index (κ1) is 34.6. The number of halogens is 7. The van der Waals surface area contributed by atoms with Gasteiger partial charge in [-0.3, -0.25) is 28.9 Å². The Morgan fingerprint density at radius 2 is 1.45 bits per heavy atom. The highest BCUT2D eigenvalue weighted by molar-refractivity contribution is 6.58. The molecule has 2 aliphatic heterocycles. The number of ketones is 1. The van der Waals surface area contributed by atoms with Crippen molar-refractivity contribution in [2.75, 3.05) is 16.9 Å². The SMILES string of the molecule is COc1cc(C2C3=CCC4C(=O)N(c5ccc(C(C)=O)cc5)C(=O)C4C3CC3(Cl)C(=O)N(c4c(F)c(F)c(F)c(F)c4F)C(=O)C23Cl)ccc1O. The van der Waals surface area contributed by atoms with Crippen LogP contribution in [-0.2, 0) is 19.2 Å². The maximum Gasteiger partial charge on any atom is 0.258 e. The van der Waals surface area contributed by atoms with Gasteiger partial charge in [-0.25, -0.2) is 26.9 Å². The lowest BCUT2D eigenvalue weighted by atomic mass is 9.56. The van der Waals surface area contributed by atoms with E-state index in [1.54, 1.807) is 6.08 Å². The highest BCUT2D eigenvalue weighted by atomic mass is 35.5. The number of aromatic hydroxyl groups is 1. The van der Waals surface area contributed by atoms with E-state index in [0.717, 1.165) is 4.90 Å². The number of Topliss-reactive ketones (excluding diaryl/α,β-unsaturated/α-hetero) is 1. The number of phenols is 1. The van der Waals surface area contributed by atoms with E-state index in [0.29, 0.717) is 5.56 Å². The topological polar surface area (TPSA) is 121 Å². The Morgan fingerprint density at radius 1 is 0.843 bits per heavy atom. The normalized spacial score (nSPS) is 28.5. The van der Waals surface area contributed by atoms with Crippen LogP contribution < -0.4 is 14.5 Å². The first-order valence-electron chi connectivity index (χ1n) is 15.3.